The van der Waals surface area contributed by atoms with Crippen LogP contribution in [0.4, 0.5) is 0 Å². The van der Waals surface area contributed by atoms with Gasteiger partial charge in [0.15, 0.2) is 0 Å². The average Bonchev–Trinajstić information content (AvgIpc) is 2.51. The van der Waals surface area contributed by atoms with E-state index in [0.717, 1.165) is 11.3 Å². The predicted molar refractivity (Wildman–Crippen MR) is 101 cm³/mol. The molecule has 1 rings (SSSR count). The van der Waals surface area contributed by atoms with Gasteiger partial charge in [-0.3, -0.25) is 4.79 Å². The topological polar surface area (TPSA) is 66.5 Å². The van der Waals surface area contributed by atoms with Gasteiger partial charge in [-0.25, -0.2) is 8.42 Å². The Hall–Kier alpha value is -1.05. The van der Waals surface area contributed by atoms with Crippen LogP contribution in [0.15, 0.2) is 29.2 Å². The van der Waals surface area contributed by atoms with Crippen LogP contribution in [0.3, 0.4) is 0 Å². The third kappa shape index (κ3) is 6.45. The lowest BCUT2D eigenvalue weighted by Crippen LogP contribution is -2.48. The number of thioether (sulfide) groups is 1. The highest BCUT2D eigenvalue weighted by Gasteiger charge is 2.28. The molecule has 0 saturated heterocycles. The molecule has 0 radical (unpaired) electrons. The van der Waals surface area contributed by atoms with E-state index >= 15 is 0 Å². The first kappa shape index (κ1) is 21.0. The van der Waals surface area contributed by atoms with Gasteiger partial charge in [-0.15, -0.1) is 0 Å². The lowest BCUT2D eigenvalue weighted by Gasteiger charge is -2.25. The molecule has 0 aliphatic heterocycles. The first-order valence-corrected chi connectivity index (χ1v) is 10.9. The molecule has 24 heavy (non-hydrogen) atoms. The number of benzene rings is 1. The molecule has 5 nitrogen and oxygen atoms in total. The lowest BCUT2D eigenvalue weighted by molar-refractivity contribution is -0.131. The molecule has 0 spiro atoms. The number of aryl methyl sites for hydroxylation is 1. The maximum Gasteiger partial charge on any atom is 0.241 e. The summed E-state index contributed by atoms with van der Waals surface area (Å²) in [6.45, 7) is 6.45. The van der Waals surface area contributed by atoms with Gasteiger partial charge in [-0.2, -0.15) is 16.5 Å². The van der Waals surface area contributed by atoms with E-state index in [0.29, 0.717) is 13.0 Å². The smallest absolute Gasteiger partial charge is 0.241 e. The molecule has 0 unspecified atom stereocenters. The van der Waals surface area contributed by atoms with Crippen LogP contribution >= 0.6 is 11.8 Å². The Morgan fingerprint density at radius 2 is 1.83 bits per heavy atom. The molecule has 7 heteroatoms. The van der Waals surface area contributed by atoms with Crippen LogP contribution in [0, 0.1) is 12.8 Å². The van der Waals surface area contributed by atoms with Crippen molar-refractivity contribution in [3.63, 3.8) is 0 Å². The third-order valence-electron chi connectivity index (χ3n) is 3.64. The number of nitrogens with one attached hydrogen (secondary N) is 1. The molecule has 0 aliphatic rings. The Balaban J connectivity index is 2.95. The molecule has 0 heterocycles. The number of hydrogen-bond donors (Lipinski definition) is 1. The molecule has 0 aromatic heterocycles. The molecule has 136 valence electrons. The summed E-state index contributed by atoms with van der Waals surface area (Å²) >= 11 is 1.65. The van der Waals surface area contributed by atoms with Gasteiger partial charge in [-0.05, 0) is 37.7 Å². The van der Waals surface area contributed by atoms with Gasteiger partial charge in [0, 0.05) is 19.3 Å². The number of carbonyl (C=O) groups excluding carboxylic acids is 1. The predicted octanol–water partition coefficient (Wildman–Crippen LogP) is 2.51. The van der Waals surface area contributed by atoms with E-state index in [1.165, 1.54) is 0 Å². The van der Waals surface area contributed by atoms with Crippen molar-refractivity contribution in [2.45, 2.75) is 38.1 Å². The molecule has 1 N–H and O–H groups in total. The van der Waals surface area contributed by atoms with Crippen molar-refractivity contribution in [3.05, 3.63) is 29.8 Å². The first-order valence-electron chi connectivity index (χ1n) is 8.00. The van der Waals surface area contributed by atoms with Gasteiger partial charge in [0.25, 0.3) is 0 Å². The molecule has 0 fully saturated rings. The molecule has 0 saturated carbocycles. The van der Waals surface area contributed by atoms with Crippen molar-refractivity contribution < 1.29 is 13.2 Å². The van der Waals surface area contributed by atoms with E-state index in [4.69, 9.17) is 0 Å². The second kappa shape index (κ2) is 9.44. The highest BCUT2D eigenvalue weighted by atomic mass is 32.2. The van der Waals surface area contributed by atoms with Crippen LogP contribution in [0.2, 0.25) is 0 Å². The van der Waals surface area contributed by atoms with Crippen LogP contribution in [-0.4, -0.2) is 50.9 Å². The fourth-order valence-electron chi connectivity index (χ4n) is 2.25. The van der Waals surface area contributed by atoms with E-state index in [1.807, 2.05) is 27.0 Å². The Kier molecular flexibility index (Phi) is 8.26. The summed E-state index contributed by atoms with van der Waals surface area (Å²) in [6, 6.07) is 5.87. The van der Waals surface area contributed by atoms with Gasteiger partial charge in [-0.1, -0.05) is 31.5 Å². The minimum Gasteiger partial charge on any atom is -0.344 e. The zero-order valence-electron chi connectivity index (χ0n) is 15.1. The Bertz CT molecular complexity index is 628. The molecule has 1 aromatic carbocycles. The van der Waals surface area contributed by atoms with E-state index < -0.39 is 16.1 Å². The van der Waals surface area contributed by atoms with Crippen LogP contribution in [0.1, 0.15) is 25.8 Å². The number of amides is 1. The van der Waals surface area contributed by atoms with Crippen LogP contribution < -0.4 is 4.72 Å². The van der Waals surface area contributed by atoms with Crippen molar-refractivity contribution in [2.75, 3.05) is 25.6 Å². The van der Waals surface area contributed by atoms with Crippen molar-refractivity contribution in [1.29, 1.82) is 0 Å². The lowest BCUT2D eigenvalue weighted by atomic mass is 10.0. The SMILES string of the molecule is CSCCN(C)C(=O)[C@@H](CC(C)C)NS(=O)(=O)c1ccc(C)cc1. The molecule has 0 aliphatic carbocycles. The van der Waals surface area contributed by atoms with Gasteiger partial charge in [0.2, 0.25) is 15.9 Å². The summed E-state index contributed by atoms with van der Waals surface area (Å²) < 4.78 is 27.8. The van der Waals surface area contributed by atoms with Crippen molar-refractivity contribution in [3.8, 4) is 0 Å². The maximum atomic E-state index is 12.6. The van der Waals surface area contributed by atoms with E-state index in [9.17, 15) is 13.2 Å². The highest BCUT2D eigenvalue weighted by molar-refractivity contribution is 7.98. The fourth-order valence-corrected chi connectivity index (χ4v) is 3.91. The largest absolute Gasteiger partial charge is 0.344 e. The van der Waals surface area contributed by atoms with Crippen molar-refractivity contribution in [1.82, 2.24) is 9.62 Å². The monoisotopic (exact) mass is 372 g/mol. The number of hydrogen-bond acceptors (Lipinski definition) is 4. The van der Waals surface area contributed by atoms with E-state index in [2.05, 4.69) is 4.72 Å². The number of likely N-dealkylation sites (N-methyl/N-ethyl adjacent to an activating group) is 1. The minimum absolute atomic E-state index is 0.182. The maximum absolute atomic E-state index is 12.6. The normalized spacial score (nSPS) is 13.1. The van der Waals surface area contributed by atoms with Crippen LogP contribution in [0.5, 0.6) is 0 Å². The second-order valence-corrected chi connectivity index (χ2v) is 9.07. The summed E-state index contributed by atoms with van der Waals surface area (Å²) in [5.41, 5.74) is 0.987. The van der Waals surface area contributed by atoms with Crippen LogP contribution in [-0.2, 0) is 14.8 Å². The minimum atomic E-state index is -3.72. The van der Waals surface area contributed by atoms with E-state index in [-0.39, 0.29) is 16.7 Å². The molecular formula is C17H28N2O3S2. The summed E-state index contributed by atoms with van der Waals surface area (Å²) in [4.78, 5) is 14.4. The summed E-state index contributed by atoms with van der Waals surface area (Å²) in [5, 5.41) is 0. The standard InChI is InChI=1S/C17H28N2O3S2/c1-13(2)12-16(17(20)19(4)10-11-23-5)18-24(21,22)15-8-6-14(3)7-9-15/h6-9,13,16,18H,10-12H2,1-5H3/t16-/m1/s1. The first-order chi connectivity index (χ1) is 11.2. The Labute approximate surface area is 150 Å². The molecule has 1 aromatic rings. The van der Waals surface area contributed by atoms with Gasteiger partial charge in [0.05, 0.1) is 4.90 Å². The Morgan fingerprint density at radius 1 is 1.25 bits per heavy atom. The van der Waals surface area contributed by atoms with Gasteiger partial charge < -0.3 is 4.90 Å². The zero-order chi connectivity index (χ0) is 18.3. The fraction of sp³-hybridized carbons (Fsp3) is 0.588. The average molecular weight is 373 g/mol. The highest BCUT2D eigenvalue weighted by Crippen LogP contribution is 2.14. The van der Waals surface area contributed by atoms with Gasteiger partial charge >= 0.3 is 0 Å². The molecule has 1 atom stereocenters. The zero-order valence-corrected chi connectivity index (χ0v) is 16.7. The Morgan fingerprint density at radius 3 is 2.33 bits per heavy atom. The molecule has 1 amide bonds. The number of carbonyl (C=O) groups is 1. The quantitative estimate of drug-likeness (QED) is 0.723. The van der Waals surface area contributed by atoms with Crippen molar-refractivity contribution in [2.24, 2.45) is 5.92 Å². The van der Waals surface area contributed by atoms with Gasteiger partial charge in [0.1, 0.15) is 6.04 Å². The second-order valence-electron chi connectivity index (χ2n) is 6.37. The third-order valence-corrected chi connectivity index (χ3v) is 5.72. The van der Waals surface area contributed by atoms with E-state index in [1.54, 1.807) is 48.0 Å². The summed E-state index contributed by atoms with van der Waals surface area (Å²) in [7, 11) is -2.01. The number of nitrogens with zero attached hydrogens (tertiary/aromatic N) is 1. The summed E-state index contributed by atoms with van der Waals surface area (Å²) in [5.74, 6) is 0.837. The summed E-state index contributed by atoms with van der Waals surface area (Å²) in [6.07, 6.45) is 2.44. The van der Waals surface area contributed by atoms with Crippen LogP contribution in [0.25, 0.3) is 0 Å². The molecular weight excluding hydrogens is 344 g/mol. The molecule has 0 bridgehead atoms. The number of rotatable bonds is 9. The number of sulfonamides is 1. The van der Waals surface area contributed by atoms with Crippen molar-refractivity contribution >= 4 is 27.7 Å².